The van der Waals surface area contributed by atoms with E-state index in [4.69, 9.17) is 4.42 Å². The van der Waals surface area contributed by atoms with Crippen LogP contribution in [0.25, 0.3) is 0 Å². The van der Waals surface area contributed by atoms with Crippen LogP contribution < -0.4 is 5.32 Å². The van der Waals surface area contributed by atoms with Gasteiger partial charge in [-0.1, -0.05) is 6.08 Å². The molecule has 1 aromatic rings. The normalized spacial score (nSPS) is 18.9. The van der Waals surface area contributed by atoms with Gasteiger partial charge in [-0.05, 0) is 19.1 Å². The Hall–Kier alpha value is -1.93. The molecular formula is C14H14N2O2S. The van der Waals surface area contributed by atoms with E-state index in [0.717, 1.165) is 5.76 Å². The molecule has 4 nitrogen and oxygen atoms in total. The molecule has 0 unspecified atom stereocenters. The molecule has 1 atom stereocenters. The summed E-state index contributed by atoms with van der Waals surface area (Å²) in [5, 5.41) is 12.7. The lowest BCUT2D eigenvalue weighted by Gasteiger charge is -2.23. The first-order chi connectivity index (χ1) is 9.15. The number of allylic oxidation sites excluding steroid dienone is 1. The summed E-state index contributed by atoms with van der Waals surface area (Å²) in [5.41, 5.74) is 0.556. The number of hydrogen-bond acceptors (Lipinski definition) is 4. The monoisotopic (exact) mass is 274 g/mol. The number of nitrogens with zero attached hydrogens (tertiary/aromatic N) is 1. The van der Waals surface area contributed by atoms with Crippen molar-refractivity contribution in [2.24, 2.45) is 0 Å². The number of nitriles is 1. The molecule has 0 aromatic carbocycles. The maximum absolute atomic E-state index is 11.8. The van der Waals surface area contributed by atoms with Gasteiger partial charge >= 0.3 is 0 Å². The molecule has 0 fully saturated rings. The second-order valence-corrected chi connectivity index (χ2v) is 5.24. The van der Waals surface area contributed by atoms with Crippen LogP contribution in [-0.4, -0.2) is 11.7 Å². The van der Waals surface area contributed by atoms with E-state index in [1.807, 2.05) is 19.1 Å². The van der Waals surface area contributed by atoms with Gasteiger partial charge in [0.1, 0.15) is 11.5 Å². The quantitative estimate of drug-likeness (QED) is 0.857. The molecule has 1 N–H and O–H groups in total. The fourth-order valence-electron chi connectivity index (χ4n) is 1.96. The molecule has 0 saturated carbocycles. The number of nitrogens with one attached hydrogen (secondary N) is 1. The largest absolute Gasteiger partial charge is 0.466 e. The predicted octanol–water partition coefficient (Wildman–Crippen LogP) is 2.85. The molecule has 0 aliphatic carbocycles. The van der Waals surface area contributed by atoms with E-state index in [9.17, 15) is 10.1 Å². The van der Waals surface area contributed by atoms with E-state index in [1.165, 1.54) is 11.8 Å². The number of carbonyl (C=O) groups excluding carboxylic acids is 1. The van der Waals surface area contributed by atoms with Crippen LogP contribution in [-0.2, 0) is 4.79 Å². The predicted molar refractivity (Wildman–Crippen MR) is 74.2 cm³/mol. The third-order valence-electron chi connectivity index (χ3n) is 2.81. The molecule has 1 amide bonds. The zero-order valence-corrected chi connectivity index (χ0v) is 11.4. The zero-order chi connectivity index (χ0) is 13.8. The highest BCUT2D eigenvalue weighted by Gasteiger charge is 2.31. The first kappa shape index (κ1) is 13.5. The molecule has 2 rings (SSSR count). The van der Waals surface area contributed by atoms with E-state index in [2.05, 4.69) is 18.0 Å². The maximum atomic E-state index is 11.8. The molecule has 1 aromatic heterocycles. The van der Waals surface area contributed by atoms with Crippen molar-refractivity contribution in [1.29, 1.82) is 5.26 Å². The molecule has 5 heteroatoms. The van der Waals surface area contributed by atoms with Gasteiger partial charge in [-0.2, -0.15) is 5.26 Å². The molecule has 1 aliphatic rings. The topological polar surface area (TPSA) is 66.0 Å². The third kappa shape index (κ3) is 2.91. The van der Waals surface area contributed by atoms with Crippen LogP contribution in [0.4, 0.5) is 0 Å². The summed E-state index contributed by atoms with van der Waals surface area (Å²) in [6, 6.07) is 5.86. The molecule has 0 saturated heterocycles. The van der Waals surface area contributed by atoms with Gasteiger partial charge in [0.2, 0.25) is 5.91 Å². The van der Waals surface area contributed by atoms with Crippen LogP contribution in [0.3, 0.4) is 0 Å². The SMILES string of the molecule is C=CCSC1=C(C#N)[C@@H](c2ccc(C)o2)CC(=O)N1. The van der Waals surface area contributed by atoms with Gasteiger partial charge < -0.3 is 9.73 Å². The van der Waals surface area contributed by atoms with Gasteiger partial charge in [-0.25, -0.2) is 0 Å². The van der Waals surface area contributed by atoms with Crippen molar-refractivity contribution >= 4 is 17.7 Å². The molecule has 19 heavy (non-hydrogen) atoms. The van der Waals surface area contributed by atoms with E-state index >= 15 is 0 Å². The molecule has 98 valence electrons. The second kappa shape index (κ2) is 5.81. The Morgan fingerprint density at radius 2 is 2.47 bits per heavy atom. The van der Waals surface area contributed by atoms with Crippen molar-refractivity contribution in [3.63, 3.8) is 0 Å². The fourth-order valence-corrected chi connectivity index (χ4v) is 2.77. The highest BCUT2D eigenvalue weighted by Crippen LogP contribution is 2.36. The smallest absolute Gasteiger partial charge is 0.225 e. The minimum atomic E-state index is -0.292. The van der Waals surface area contributed by atoms with Crippen molar-refractivity contribution in [1.82, 2.24) is 5.32 Å². The lowest BCUT2D eigenvalue weighted by molar-refractivity contribution is -0.120. The van der Waals surface area contributed by atoms with Crippen LogP contribution in [0.15, 0.2) is 39.8 Å². The molecule has 2 heterocycles. The molecule has 0 bridgehead atoms. The fraction of sp³-hybridized carbons (Fsp3) is 0.286. The standard InChI is InChI=1S/C14H14N2O2S/c1-3-6-19-14-11(8-15)10(7-13(17)16-14)12-5-4-9(2)18-12/h3-5,10H,1,6-7H2,2H3,(H,16,17)/t10-/m0/s1. The van der Waals surface area contributed by atoms with Gasteiger partial charge in [-0.15, -0.1) is 18.3 Å². The number of furan rings is 1. The Kier molecular flexibility index (Phi) is 4.13. The number of hydrogen-bond donors (Lipinski definition) is 1. The average molecular weight is 274 g/mol. The third-order valence-corrected chi connectivity index (χ3v) is 3.82. The molecule has 0 radical (unpaired) electrons. The Morgan fingerprint density at radius 3 is 3.05 bits per heavy atom. The van der Waals surface area contributed by atoms with Crippen LogP contribution in [0.5, 0.6) is 0 Å². The van der Waals surface area contributed by atoms with Gasteiger partial charge in [0.05, 0.1) is 22.6 Å². The Bertz CT molecular complexity index is 581. The number of thioether (sulfide) groups is 1. The van der Waals surface area contributed by atoms with E-state index in [-0.39, 0.29) is 18.2 Å². The average Bonchev–Trinajstić information content (AvgIpc) is 2.82. The summed E-state index contributed by atoms with van der Waals surface area (Å²) in [6.45, 7) is 5.48. The van der Waals surface area contributed by atoms with Crippen molar-refractivity contribution < 1.29 is 9.21 Å². The molecule has 1 aliphatic heterocycles. The minimum absolute atomic E-state index is 0.0929. The van der Waals surface area contributed by atoms with Crippen molar-refractivity contribution in [2.75, 3.05) is 5.75 Å². The van der Waals surface area contributed by atoms with Crippen LogP contribution in [0.1, 0.15) is 23.9 Å². The summed E-state index contributed by atoms with van der Waals surface area (Å²) in [5.74, 6) is 1.70. The Morgan fingerprint density at radius 1 is 1.68 bits per heavy atom. The first-order valence-corrected chi connectivity index (χ1v) is 6.88. The zero-order valence-electron chi connectivity index (χ0n) is 10.6. The highest BCUT2D eigenvalue weighted by atomic mass is 32.2. The number of rotatable bonds is 4. The minimum Gasteiger partial charge on any atom is -0.466 e. The van der Waals surface area contributed by atoms with Crippen LogP contribution in [0, 0.1) is 18.3 Å². The summed E-state index contributed by atoms with van der Waals surface area (Å²) >= 11 is 1.40. The van der Waals surface area contributed by atoms with Crippen LogP contribution in [0.2, 0.25) is 0 Å². The summed E-state index contributed by atoms with van der Waals surface area (Å²) in [7, 11) is 0. The molecular weight excluding hydrogens is 260 g/mol. The van der Waals surface area contributed by atoms with Crippen LogP contribution >= 0.6 is 11.8 Å². The van der Waals surface area contributed by atoms with E-state index in [0.29, 0.717) is 22.1 Å². The van der Waals surface area contributed by atoms with E-state index in [1.54, 1.807) is 6.08 Å². The van der Waals surface area contributed by atoms with Gasteiger partial charge in [0, 0.05) is 12.2 Å². The highest BCUT2D eigenvalue weighted by molar-refractivity contribution is 8.03. The van der Waals surface area contributed by atoms with Gasteiger partial charge in [0.15, 0.2) is 0 Å². The first-order valence-electron chi connectivity index (χ1n) is 5.90. The lowest BCUT2D eigenvalue weighted by atomic mass is 9.92. The second-order valence-electron chi connectivity index (χ2n) is 4.21. The summed E-state index contributed by atoms with van der Waals surface area (Å²) in [6.07, 6.45) is 1.98. The lowest BCUT2D eigenvalue weighted by Crippen LogP contribution is -2.30. The number of carbonyl (C=O) groups is 1. The van der Waals surface area contributed by atoms with Gasteiger partial charge in [-0.3, -0.25) is 4.79 Å². The number of amides is 1. The van der Waals surface area contributed by atoms with Crippen molar-refractivity contribution in [3.8, 4) is 6.07 Å². The van der Waals surface area contributed by atoms with E-state index < -0.39 is 0 Å². The number of aryl methyl sites for hydroxylation is 1. The summed E-state index contributed by atoms with van der Waals surface area (Å²) < 4.78 is 5.56. The Labute approximate surface area is 116 Å². The Balaban J connectivity index is 2.38. The van der Waals surface area contributed by atoms with Gasteiger partial charge in [0.25, 0.3) is 0 Å². The van der Waals surface area contributed by atoms with Crippen molar-refractivity contribution in [3.05, 3.63) is 46.9 Å². The van der Waals surface area contributed by atoms with Crippen molar-refractivity contribution in [2.45, 2.75) is 19.3 Å². The molecule has 0 spiro atoms. The maximum Gasteiger partial charge on any atom is 0.225 e. The summed E-state index contributed by atoms with van der Waals surface area (Å²) in [4.78, 5) is 11.8.